The number of benzene rings is 1. The molecular weight excluding hydrogens is 172 g/mol. The van der Waals surface area contributed by atoms with Crippen LogP contribution in [0.2, 0.25) is 0 Å². The monoisotopic (exact) mass is 188 g/mol. The molecule has 1 heteroatoms. The van der Waals surface area contributed by atoms with E-state index in [1.54, 1.807) is 0 Å². The van der Waals surface area contributed by atoms with E-state index in [9.17, 15) is 5.11 Å². The van der Waals surface area contributed by atoms with E-state index in [-0.39, 0.29) is 0 Å². The predicted octanol–water partition coefficient (Wildman–Crippen LogP) is 3.22. The third kappa shape index (κ3) is 1.01. The molecule has 1 nitrogen and oxygen atoms in total. The van der Waals surface area contributed by atoms with Crippen molar-refractivity contribution in [3.05, 3.63) is 29.3 Å². The minimum Gasteiger partial charge on any atom is -0.508 e. The number of rotatable bonds is 0. The van der Waals surface area contributed by atoms with Crippen molar-refractivity contribution in [1.29, 1.82) is 0 Å². The van der Waals surface area contributed by atoms with E-state index in [4.69, 9.17) is 0 Å². The Morgan fingerprint density at radius 1 is 1.43 bits per heavy atom. The first-order valence-corrected chi connectivity index (χ1v) is 5.51. The SMILES string of the molecule is CC12CCCc3c(O)cccc3C1C2. The van der Waals surface area contributed by atoms with Crippen LogP contribution in [0.5, 0.6) is 5.75 Å². The molecule has 2 atom stereocenters. The summed E-state index contributed by atoms with van der Waals surface area (Å²) in [5, 5.41) is 9.80. The van der Waals surface area contributed by atoms with E-state index >= 15 is 0 Å². The molecule has 2 unspecified atom stereocenters. The summed E-state index contributed by atoms with van der Waals surface area (Å²) in [4.78, 5) is 0. The molecule has 74 valence electrons. The van der Waals surface area contributed by atoms with Gasteiger partial charge in [-0.05, 0) is 54.2 Å². The minimum absolute atomic E-state index is 0.513. The van der Waals surface area contributed by atoms with Gasteiger partial charge in [0.15, 0.2) is 0 Å². The van der Waals surface area contributed by atoms with Crippen molar-refractivity contribution in [1.82, 2.24) is 0 Å². The van der Waals surface area contributed by atoms with Gasteiger partial charge in [0, 0.05) is 0 Å². The number of fused-ring (bicyclic) bond motifs is 3. The second kappa shape index (κ2) is 2.53. The van der Waals surface area contributed by atoms with E-state index in [1.807, 2.05) is 12.1 Å². The summed E-state index contributed by atoms with van der Waals surface area (Å²) in [6.07, 6.45) is 4.95. The normalized spacial score (nSPS) is 34.2. The highest BCUT2D eigenvalue weighted by atomic mass is 16.3. The van der Waals surface area contributed by atoms with Crippen LogP contribution in [-0.2, 0) is 6.42 Å². The van der Waals surface area contributed by atoms with Crippen molar-refractivity contribution in [3.8, 4) is 5.75 Å². The number of hydrogen-bond acceptors (Lipinski definition) is 1. The molecule has 0 aliphatic heterocycles. The van der Waals surface area contributed by atoms with Crippen LogP contribution in [0.4, 0.5) is 0 Å². The van der Waals surface area contributed by atoms with Crippen LogP contribution in [-0.4, -0.2) is 5.11 Å². The minimum atomic E-state index is 0.513. The molecule has 1 saturated carbocycles. The number of phenolic OH excluding ortho intramolecular Hbond substituents is 1. The topological polar surface area (TPSA) is 20.2 Å². The summed E-state index contributed by atoms with van der Waals surface area (Å²) < 4.78 is 0. The molecular formula is C13H16O. The fourth-order valence-corrected chi connectivity index (χ4v) is 3.03. The van der Waals surface area contributed by atoms with Crippen LogP contribution in [0.25, 0.3) is 0 Å². The third-order valence-corrected chi connectivity index (χ3v) is 4.09. The van der Waals surface area contributed by atoms with E-state index in [0.717, 1.165) is 12.3 Å². The molecule has 0 radical (unpaired) electrons. The highest BCUT2D eigenvalue weighted by molar-refractivity contribution is 5.45. The van der Waals surface area contributed by atoms with Gasteiger partial charge in [-0.25, -0.2) is 0 Å². The summed E-state index contributed by atoms with van der Waals surface area (Å²) in [5.41, 5.74) is 3.20. The fourth-order valence-electron chi connectivity index (χ4n) is 3.03. The second-order valence-electron chi connectivity index (χ2n) is 5.11. The summed E-state index contributed by atoms with van der Waals surface area (Å²) >= 11 is 0. The Hall–Kier alpha value is -0.980. The molecule has 2 aliphatic carbocycles. The Labute approximate surface area is 84.8 Å². The molecule has 3 rings (SSSR count). The van der Waals surface area contributed by atoms with Crippen LogP contribution in [0.1, 0.15) is 43.2 Å². The summed E-state index contributed by atoms with van der Waals surface area (Å²) in [6, 6.07) is 6.01. The van der Waals surface area contributed by atoms with Crippen molar-refractivity contribution < 1.29 is 5.11 Å². The molecule has 0 amide bonds. The zero-order valence-corrected chi connectivity index (χ0v) is 8.59. The van der Waals surface area contributed by atoms with Gasteiger partial charge in [-0.1, -0.05) is 19.1 Å². The molecule has 0 spiro atoms. The quantitative estimate of drug-likeness (QED) is 0.662. The highest BCUT2D eigenvalue weighted by Gasteiger charge is 2.51. The van der Waals surface area contributed by atoms with Crippen molar-refractivity contribution >= 4 is 0 Å². The van der Waals surface area contributed by atoms with Gasteiger partial charge in [0.2, 0.25) is 0 Å². The molecule has 1 fully saturated rings. The number of phenols is 1. The molecule has 0 saturated heterocycles. The third-order valence-electron chi connectivity index (χ3n) is 4.09. The zero-order valence-electron chi connectivity index (χ0n) is 8.59. The van der Waals surface area contributed by atoms with Crippen LogP contribution in [0.3, 0.4) is 0 Å². The highest BCUT2D eigenvalue weighted by Crippen LogP contribution is 2.64. The van der Waals surface area contributed by atoms with Gasteiger partial charge in [-0.2, -0.15) is 0 Å². The van der Waals surface area contributed by atoms with E-state index in [1.165, 1.54) is 30.4 Å². The molecule has 0 heterocycles. The van der Waals surface area contributed by atoms with Gasteiger partial charge in [0.1, 0.15) is 5.75 Å². The van der Waals surface area contributed by atoms with Crippen molar-refractivity contribution in [2.24, 2.45) is 5.41 Å². The molecule has 0 aromatic heterocycles. The van der Waals surface area contributed by atoms with Crippen LogP contribution < -0.4 is 0 Å². The Morgan fingerprint density at radius 3 is 3.14 bits per heavy atom. The first-order valence-electron chi connectivity index (χ1n) is 5.51. The molecule has 1 aromatic carbocycles. The van der Waals surface area contributed by atoms with Crippen molar-refractivity contribution in [2.45, 2.75) is 38.5 Å². The summed E-state index contributed by atoms with van der Waals surface area (Å²) in [6.45, 7) is 2.39. The smallest absolute Gasteiger partial charge is 0.119 e. The lowest BCUT2D eigenvalue weighted by Crippen LogP contribution is -1.94. The van der Waals surface area contributed by atoms with Gasteiger partial charge in [-0.3, -0.25) is 0 Å². The van der Waals surface area contributed by atoms with E-state index in [0.29, 0.717) is 11.2 Å². The Kier molecular flexibility index (Phi) is 1.51. The lowest BCUT2D eigenvalue weighted by Gasteiger charge is -2.08. The number of aromatic hydroxyl groups is 1. The maximum atomic E-state index is 9.80. The van der Waals surface area contributed by atoms with Crippen molar-refractivity contribution in [2.75, 3.05) is 0 Å². The lowest BCUT2D eigenvalue weighted by molar-refractivity contribution is 0.463. The molecule has 2 aliphatic rings. The second-order valence-corrected chi connectivity index (χ2v) is 5.11. The van der Waals surface area contributed by atoms with Gasteiger partial charge in [0.05, 0.1) is 0 Å². The first-order chi connectivity index (χ1) is 6.71. The number of hydrogen-bond donors (Lipinski definition) is 1. The van der Waals surface area contributed by atoms with Gasteiger partial charge < -0.3 is 5.11 Å². The molecule has 1 N–H and O–H groups in total. The van der Waals surface area contributed by atoms with Crippen LogP contribution in [0.15, 0.2) is 18.2 Å². The largest absolute Gasteiger partial charge is 0.508 e. The average Bonchev–Trinajstić information content (AvgIpc) is 2.81. The average molecular weight is 188 g/mol. The van der Waals surface area contributed by atoms with Crippen LogP contribution >= 0.6 is 0 Å². The summed E-state index contributed by atoms with van der Waals surface area (Å²) in [7, 11) is 0. The Morgan fingerprint density at radius 2 is 2.29 bits per heavy atom. The lowest BCUT2D eigenvalue weighted by atomic mass is 9.98. The molecule has 14 heavy (non-hydrogen) atoms. The zero-order chi connectivity index (χ0) is 9.76. The Balaban J connectivity index is 2.12. The van der Waals surface area contributed by atoms with Gasteiger partial charge in [-0.15, -0.1) is 0 Å². The Bertz CT molecular complexity index is 383. The fraction of sp³-hybridized carbons (Fsp3) is 0.538. The van der Waals surface area contributed by atoms with E-state index < -0.39 is 0 Å². The molecule has 1 aromatic rings. The van der Waals surface area contributed by atoms with Crippen molar-refractivity contribution in [3.63, 3.8) is 0 Å². The van der Waals surface area contributed by atoms with E-state index in [2.05, 4.69) is 13.0 Å². The van der Waals surface area contributed by atoms with Gasteiger partial charge in [0.25, 0.3) is 0 Å². The van der Waals surface area contributed by atoms with Gasteiger partial charge >= 0.3 is 0 Å². The standard InChI is InChI=1S/C13H16O/c1-13-7-3-5-10-9(11(13)8-13)4-2-6-12(10)14/h2,4,6,11,14H,3,5,7-8H2,1H3. The molecule has 0 bridgehead atoms. The summed E-state index contributed by atoms with van der Waals surface area (Å²) in [5.74, 6) is 1.24. The van der Waals surface area contributed by atoms with Crippen LogP contribution in [0, 0.1) is 5.41 Å². The predicted molar refractivity (Wildman–Crippen MR) is 56.5 cm³/mol. The maximum Gasteiger partial charge on any atom is 0.119 e. The first kappa shape index (κ1) is 8.34. The maximum absolute atomic E-state index is 9.80.